The topological polar surface area (TPSA) is 54.6 Å². The molecule has 0 radical (unpaired) electrons. The van der Waals surface area contributed by atoms with Crippen LogP contribution in [0.15, 0.2) is 22.8 Å². The molecule has 1 saturated carbocycles. The summed E-state index contributed by atoms with van der Waals surface area (Å²) in [5, 5.41) is 13.6. The van der Waals surface area contributed by atoms with E-state index in [1.165, 1.54) is 12.8 Å². The Kier molecular flexibility index (Phi) is 4.80. The number of nitrogens with one attached hydrogen (secondary N) is 1. The number of hydrogen-bond acceptors (Lipinski definition) is 4. The van der Waals surface area contributed by atoms with Crippen LogP contribution in [0.4, 0.5) is 0 Å². The van der Waals surface area contributed by atoms with Gasteiger partial charge in [-0.25, -0.2) is 0 Å². The lowest BCUT2D eigenvalue weighted by atomic mass is 10.1. The molecule has 1 heterocycles. The molecule has 2 rings (SSSR count). The van der Waals surface area contributed by atoms with Crippen LogP contribution in [0.3, 0.4) is 0 Å². The van der Waals surface area contributed by atoms with Gasteiger partial charge in [0.05, 0.1) is 12.9 Å². The van der Waals surface area contributed by atoms with Crippen molar-refractivity contribution in [2.75, 3.05) is 13.7 Å². The molecule has 0 spiro atoms. The van der Waals surface area contributed by atoms with E-state index in [1.54, 1.807) is 19.4 Å². The molecule has 18 heavy (non-hydrogen) atoms. The van der Waals surface area contributed by atoms with Crippen molar-refractivity contribution in [1.29, 1.82) is 0 Å². The molecule has 102 valence electrons. The number of ether oxygens (including phenoxy) is 1. The molecule has 1 fully saturated rings. The molecule has 0 saturated heterocycles. The number of aliphatic hydroxyl groups is 1. The number of aliphatic hydroxyl groups excluding tert-OH is 1. The molecule has 4 nitrogen and oxygen atoms in total. The summed E-state index contributed by atoms with van der Waals surface area (Å²) in [4.78, 5) is 0. The van der Waals surface area contributed by atoms with Crippen LogP contribution in [-0.2, 0) is 4.74 Å². The van der Waals surface area contributed by atoms with E-state index >= 15 is 0 Å². The van der Waals surface area contributed by atoms with E-state index in [4.69, 9.17) is 9.15 Å². The zero-order valence-corrected chi connectivity index (χ0v) is 11.1. The van der Waals surface area contributed by atoms with Crippen LogP contribution in [0.1, 0.15) is 38.1 Å². The van der Waals surface area contributed by atoms with Gasteiger partial charge in [0.1, 0.15) is 11.9 Å². The van der Waals surface area contributed by atoms with Crippen molar-refractivity contribution < 1.29 is 14.3 Å². The molecule has 0 aromatic carbocycles. The van der Waals surface area contributed by atoms with E-state index in [-0.39, 0.29) is 6.04 Å². The second-order valence-electron chi connectivity index (χ2n) is 5.23. The first-order chi connectivity index (χ1) is 8.70. The van der Waals surface area contributed by atoms with Crippen molar-refractivity contribution in [2.45, 2.75) is 44.4 Å². The molecule has 1 aromatic heterocycles. The minimum absolute atomic E-state index is 0.242. The SMILES string of the molecule is COCC(NC(C)CC(O)c1ccco1)C1CC1. The van der Waals surface area contributed by atoms with Crippen LogP contribution in [-0.4, -0.2) is 30.9 Å². The zero-order valence-electron chi connectivity index (χ0n) is 11.1. The minimum atomic E-state index is -0.537. The third-order valence-corrected chi connectivity index (χ3v) is 3.48. The number of hydrogen-bond donors (Lipinski definition) is 2. The first kappa shape index (κ1) is 13.6. The summed E-state index contributed by atoms with van der Waals surface area (Å²) in [5.74, 6) is 1.38. The van der Waals surface area contributed by atoms with Crippen molar-refractivity contribution in [1.82, 2.24) is 5.32 Å². The van der Waals surface area contributed by atoms with Crippen molar-refractivity contribution in [3.05, 3.63) is 24.2 Å². The van der Waals surface area contributed by atoms with Gasteiger partial charge in [-0.05, 0) is 44.2 Å². The fourth-order valence-corrected chi connectivity index (χ4v) is 2.36. The Labute approximate surface area is 108 Å². The fourth-order valence-electron chi connectivity index (χ4n) is 2.36. The smallest absolute Gasteiger partial charge is 0.132 e. The van der Waals surface area contributed by atoms with E-state index in [1.807, 2.05) is 6.07 Å². The monoisotopic (exact) mass is 253 g/mol. The second-order valence-corrected chi connectivity index (χ2v) is 5.23. The van der Waals surface area contributed by atoms with Gasteiger partial charge in [0, 0.05) is 19.2 Å². The summed E-state index contributed by atoms with van der Waals surface area (Å²) in [6.07, 6.45) is 4.28. The third-order valence-electron chi connectivity index (χ3n) is 3.48. The van der Waals surface area contributed by atoms with Gasteiger partial charge in [-0.1, -0.05) is 0 Å². The number of methoxy groups -OCH3 is 1. The molecule has 0 amide bonds. The Morgan fingerprint density at radius 3 is 2.89 bits per heavy atom. The molecule has 2 N–H and O–H groups in total. The van der Waals surface area contributed by atoms with Crippen LogP contribution in [0, 0.1) is 5.92 Å². The Balaban J connectivity index is 1.78. The average molecular weight is 253 g/mol. The third kappa shape index (κ3) is 3.83. The highest BCUT2D eigenvalue weighted by molar-refractivity contribution is 5.02. The van der Waals surface area contributed by atoms with Crippen LogP contribution < -0.4 is 5.32 Å². The standard InChI is InChI=1S/C14H23NO3/c1-10(8-13(16)14-4-3-7-18-14)15-12(9-17-2)11-5-6-11/h3-4,7,10-13,15-16H,5-6,8-9H2,1-2H3. The number of rotatable bonds is 8. The van der Waals surface area contributed by atoms with Gasteiger partial charge in [0.25, 0.3) is 0 Å². The summed E-state index contributed by atoms with van der Waals surface area (Å²) in [6, 6.07) is 4.26. The van der Waals surface area contributed by atoms with Crippen molar-refractivity contribution in [3.63, 3.8) is 0 Å². The Hall–Kier alpha value is -0.840. The lowest BCUT2D eigenvalue weighted by molar-refractivity contribution is 0.114. The maximum Gasteiger partial charge on any atom is 0.132 e. The summed E-state index contributed by atoms with van der Waals surface area (Å²) in [6.45, 7) is 2.84. The van der Waals surface area contributed by atoms with Crippen molar-refractivity contribution in [3.8, 4) is 0 Å². The normalized spacial score (nSPS) is 20.6. The molecule has 4 heteroatoms. The Morgan fingerprint density at radius 2 is 2.33 bits per heavy atom. The first-order valence-electron chi connectivity index (χ1n) is 6.67. The van der Waals surface area contributed by atoms with E-state index < -0.39 is 6.10 Å². The molecular weight excluding hydrogens is 230 g/mol. The van der Waals surface area contributed by atoms with Crippen molar-refractivity contribution >= 4 is 0 Å². The lowest BCUT2D eigenvalue weighted by Gasteiger charge is -2.24. The van der Waals surface area contributed by atoms with Crippen LogP contribution in [0.25, 0.3) is 0 Å². The van der Waals surface area contributed by atoms with E-state index in [2.05, 4.69) is 12.2 Å². The molecule has 1 aliphatic carbocycles. The lowest BCUT2D eigenvalue weighted by Crippen LogP contribution is -2.41. The molecule has 1 aromatic rings. The van der Waals surface area contributed by atoms with Gasteiger partial charge >= 0.3 is 0 Å². The molecule has 1 aliphatic rings. The molecule has 0 bridgehead atoms. The predicted octanol–water partition coefficient (Wildman–Crippen LogP) is 2.11. The Bertz CT molecular complexity index is 335. The summed E-state index contributed by atoms with van der Waals surface area (Å²) in [5.41, 5.74) is 0. The summed E-state index contributed by atoms with van der Waals surface area (Å²) < 4.78 is 10.4. The van der Waals surface area contributed by atoms with Gasteiger partial charge in [0.15, 0.2) is 0 Å². The van der Waals surface area contributed by atoms with E-state index in [0.29, 0.717) is 18.2 Å². The average Bonchev–Trinajstić information content (AvgIpc) is 3.03. The highest BCUT2D eigenvalue weighted by atomic mass is 16.5. The van der Waals surface area contributed by atoms with E-state index in [9.17, 15) is 5.11 Å². The quantitative estimate of drug-likeness (QED) is 0.745. The largest absolute Gasteiger partial charge is 0.467 e. The number of furan rings is 1. The van der Waals surface area contributed by atoms with Crippen LogP contribution >= 0.6 is 0 Å². The van der Waals surface area contributed by atoms with E-state index in [0.717, 1.165) is 12.5 Å². The molecule has 3 unspecified atom stereocenters. The second kappa shape index (κ2) is 6.36. The first-order valence-corrected chi connectivity index (χ1v) is 6.67. The van der Waals surface area contributed by atoms with Crippen molar-refractivity contribution in [2.24, 2.45) is 5.92 Å². The molecule has 3 atom stereocenters. The zero-order chi connectivity index (χ0) is 13.0. The minimum Gasteiger partial charge on any atom is -0.467 e. The highest BCUT2D eigenvalue weighted by Gasteiger charge is 2.32. The summed E-state index contributed by atoms with van der Waals surface area (Å²) >= 11 is 0. The maximum atomic E-state index is 10.0. The van der Waals surface area contributed by atoms with Crippen LogP contribution in [0.2, 0.25) is 0 Å². The fraction of sp³-hybridized carbons (Fsp3) is 0.714. The maximum absolute atomic E-state index is 10.0. The summed E-state index contributed by atoms with van der Waals surface area (Å²) in [7, 11) is 1.74. The van der Waals surface area contributed by atoms with Gasteiger partial charge in [-0.2, -0.15) is 0 Å². The van der Waals surface area contributed by atoms with Gasteiger partial charge in [-0.3, -0.25) is 0 Å². The van der Waals surface area contributed by atoms with Gasteiger partial charge in [-0.15, -0.1) is 0 Å². The predicted molar refractivity (Wildman–Crippen MR) is 69.3 cm³/mol. The van der Waals surface area contributed by atoms with Gasteiger partial charge in [0.2, 0.25) is 0 Å². The van der Waals surface area contributed by atoms with Crippen LogP contribution in [0.5, 0.6) is 0 Å². The Morgan fingerprint density at radius 1 is 1.56 bits per heavy atom. The molecule has 0 aliphatic heterocycles. The van der Waals surface area contributed by atoms with Gasteiger partial charge < -0.3 is 19.6 Å². The highest BCUT2D eigenvalue weighted by Crippen LogP contribution is 2.33. The molecular formula is C14H23NO3.